The molecular formula is C32H39NO2S2. The maximum Gasteiger partial charge on any atom is 0.161 e. The monoisotopic (exact) mass is 533 g/mol. The molecule has 196 valence electrons. The van der Waals surface area contributed by atoms with Gasteiger partial charge in [-0.3, -0.25) is 0 Å². The number of hydrogen-bond acceptors (Lipinski definition) is 5. The minimum atomic E-state index is -0.515. The van der Waals surface area contributed by atoms with Crippen LogP contribution in [-0.4, -0.2) is 24.7 Å². The number of ether oxygens (including phenoxy) is 2. The number of nitrogens with zero attached hydrogens (tertiary/aromatic N) is 1. The van der Waals surface area contributed by atoms with Gasteiger partial charge in [0.25, 0.3) is 0 Å². The van der Waals surface area contributed by atoms with Gasteiger partial charge in [0.2, 0.25) is 0 Å². The van der Waals surface area contributed by atoms with Crippen molar-refractivity contribution < 1.29 is 9.47 Å². The van der Waals surface area contributed by atoms with E-state index in [1.54, 1.807) is 12.7 Å². The van der Waals surface area contributed by atoms with Gasteiger partial charge in [0.05, 0.1) is 24.7 Å². The molecule has 3 fully saturated rings. The predicted molar refractivity (Wildman–Crippen MR) is 157 cm³/mol. The minimum Gasteiger partial charge on any atom is -0.493 e. The highest BCUT2D eigenvalue weighted by molar-refractivity contribution is 8.22. The molecule has 2 aromatic rings. The fraction of sp³-hybridized carbons (Fsp3) is 0.531. The summed E-state index contributed by atoms with van der Waals surface area (Å²) in [5.74, 6) is 4.36. The lowest BCUT2D eigenvalue weighted by Crippen LogP contribution is -2.34. The molecule has 1 saturated heterocycles. The van der Waals surface area contributed by atoms with Gasteiger partial charge in [-0.05, 0) is 129 Å². The zero-order chi connectivity index (χ0) is 25.8. The number of nitriles is 1. The van der Waals surface area contributed by atoms with Crippen LogP contribution in [0.4, 0.5) is 0 Å². The highest BCUT2D eigenvalue weighted by Gasteiger charge is 2.42. The first kappa shape index (κ1) is 26.6. The van der Waals surface area contributed by atoms with Crippen LogP contribution in [0, 0.1) is 31.1 Å². The number of hydrogen-bond donors (Lipinski definition) is 0. The highest BCUT2D eigenvalue weighted by Crippen LogP contribution is 2.51. The van der Waals surface area contributed by atoms with Crippen LogP contribution in [0.25, 0.3) is 0 Å². The standard InChI is InChI=1S/C32H39NO2S2/c1-22-9-10-24(17-23(22)2)18-25-20-32(21-33,14-13-28(25)31-36-15-6-16-37-31)26-11-12-29(34-3)30(19-26)35-27-7-4-5-8-27/h9-12,17,19,25,27H,4-8,13-16,18,20H2,1-3H3. The molecule has 3 aliphatic rings. The summed E-state index contributed by atoms with van der Waals surface area (Å²) in [5.41, 5.74) is 6.23. The van der Waals surface area contributed by atoms with Crippen LogP contribution >= 0.6 is 23.5 Å². The molecule has 0 bridgehead atoms. The average Bonchev–Trinajstić information content (AvgIpc) is 3.44. The molecule has 2 saturated carbocycles. The van der Waals surface area contributed by atoms with Gasteiger partial charge in [0, 0.05) is 4.24 Å². The SMILES string of the molecule is COc1ccc(C2(C#N)CCC(=C3SCCCS3)C(Cc3ccc(C)c(C)c3)C2)cc1OC1CCCC1. The maximum atomic E-state index is 10.7. The van der Waals surface area contributed by atoms with Crippen molar-refractivity contribution in [1.29, 1.82) is 5.26 Å². The van der Waals surface area contributed by atoms with Crippen molar-refractivity contribution in [3.8, 4) is 17.6 Å². The largest absolute Gasteiger partial charge is 0.493 e. The van der Waals surface area contributed by atoms with Gasteiger partial charge in [0.1, 0.15) is 0 Å². The van der Waals surface area contributed by atoms with E-state index in [1.807, 2.05) is 29.6 Å². The van der Waals surface area contributed by atoms with Crippen molar-refractivity contribution in [1.82, 2.24) is 0 Å². The summed E-state index contributed by atoms with van der Waals surface area (Å²) in [4.78, 5) is 0. The molecule has 0 N–H and O–H groups in total. The summed E-state index contributed by atoms with van der Waals surface area (Å²) < 4.78 is 13.6. The Morgan fingerprint density at radius 1 is 0.973 bits per heavy atom. The molecule has 2 aromatic carbocycles. The van der Waals surface area contributed by atoms with Crippen molar-refractivity contribution in [2.45, 2.75) is 83.2 Å². The first-order valence-corrected chi connectivity index (χ1v) is 15.8. The van der Waals surface area contributed by atoms with Gasteiger partial charge >= 0.3 is 0 Å². The summed E-state index contributed by atoms with van der Waals surface area (Å²) in [6.45, 7) is 4.38. The van der Waals surface area contributed by atoms with Gasteiger partial charge in [-0.25, -0.2) is 0 Å². The summed E-state index contributed by atoms with van der Waals surface area (Å²) in [6, 6.07) is 15.9. The molecule has 0 aromatic heterocycles. The third-order valence-corrected chi connectivity index (χ3v) is 11.2. The second-order valence-corrected chi connectivity index (χ2v) is 13.4. The van der Waals surface area contributed by atoms with E-state index in [-0.39, 0.29) is 6.10 Å². The van der Waals surface area contributed by atoms with Crippen molar-refractivity contribution >= 4 is 23.5 Å². The van der Waals surface area contributed by atoms with Gasteiger partial charge in [0.15, 0.2) is 11.5 Å². The molecule has 5 rings (SSSR count). The molecule has 0 spiro atoms. The molecular weight excluding hydrogens is 494 g/mol. The summed E-state index contributed by atoms with van der Waals surface area (Å²) in [5, 5.41) is 10.7. The van der Waals surface area contributed by atoms with Gasteiger partial charge in [-0.2, -0.15) is 5.26 Å². The fourth-order valence-corrected chi connectivity index (χ4v) is 9.05. The molecule has 1 aliphatic heterocycles. The summed E-state index contributed by atoms with van der Waals surface area (Å²) in [7, 11) is 1.70. The van der Waals surface area contributed by atoms with Gasteiger partial charge in [-0.1, -0.05) is 24.3 Å². The van der Waals surface area contributed by atoms with E-state index in [1.165, 1.54) is 51.7 Å². The molecule has 2 aliphatic carbocycles. The Bertz CT molecular complexity index is 1190. The Hall–Kier alpha value is -2.03. The third-order valence-electron chi connectivity index (χ3n) is 8.51. The zero-order valence-corrected chi connectivity index (χ0v) is 24.1. The lowest BCUT2D eigenvalue weighted by molar-refractivity contribution is 0.200. The molecule has 3 nitrogen and oxygen atoms in total. The van der Waals surface area contributed by atoms with Gasteiger partial charge < -0.3 is 9.47 Å². The number of rotatable bonds is 6. The van der Waals surface area contributed by atoms with E-state index in [0.717, 1.165) is 55.6 Å². The summed E-state index contributed by atoms with van der Waals surface area (Å²) >= 11 is 4.08. The number of methoxy groups -OCH3 is 1. The Morgan fingerprint density at radius 3 is 2.46 bits per heavy atom. The Kier molecular flexibility index (Phi) is 8.47. The Morgan fingerprint density at radius 2 is 1.76 bits per heavy atom. The van der Waals surface area contributed by atoms with E-state index >= 15 is 0 Å². The molecule has 1 heterocycles. The zero-order valence-electron chi connectivity index (χ0n) is 22.5. The van der Waals surface area contributed by atoms with Crippen molar-refractivity contribution in [2.24, 2.45) is 5.92 Å². The minimum absolute atomic E-state index is 0.253. The van der Waals surface area contributed by atoms with Crippen LogP contribution in [0.1, 0.15) is 73.6 Å². The summed E-state index contributed by atoms with van der Waals surface area (Å²) in [6.07, 6.45) is 9.88. The van der Waals surface area contributed by atoms with Crippen molar-refractivity contribution in [3.63, 3.8) is 0 Å². The molecule has 0 amide bonds. The molecule has 37 heavy (non-hydrogen) atoms. The normalized spacial score (nSPS) is 24.6. The Labute approximate surface area is 231 Å². The van der Waals surface area contributed by atoms with Crippen LogP contribution in [0.3, 0.4) is 0 Å². The molecule has 2 unspecified atom stereocenters. The Balaban J connectivity index is 1.48. The van der Waals surface area contributed by atoms with Crippen molar-refractivity contribution in [2.75, 3.05) is 18.6 Å². The fourth-order valence-electron chi connectivity index (χ4n) is 6.17. The first-order chi connectivity index (χ1) is 18.0. The number of aryl methyl sites for hydroxylation is 2. The maximum absolute atomic E-state index is 10.7. The second-order valence-electron chi connectivity index (χ2n) is 11.0. The third kappa shape index (κ3) is 5.86. The van der Waals surface area contributed by atoms with E-state index in [4.69, 9.17) is 9.47 Å². The van der Waals surface area contributed by atoms with Crippen LogP contribution in [0.5, 0.6) is 11.5 Å². The van der Waals surface area contributed by atoms with Crippen LogP contribution in [-0.2, 0) is 11.8 Å². The smallest absolute Gasteiger partial charge is 0.161 e. The second kappa shape index (κ2) is 11.8. The van der Waals surface area contributed by atoms with Gasteiger partial charge in [-0.15, -0.1) is 23.5 Å². The van der Waals surface area contributed by atoms with Crippen molar-refractivity contribution in [3.05, 3.63) is 68.5 Å². The predicted octanol–water partition coefficient (Wildman–Crippen LogP) is 8.52. The van der Waals surface area contributed by atoms with E-state index < -0.39 is 5.41 Å². The number of benzene rings is 2. The van der Waals surface area contributed by atoms with Crippen LogP contribution < -0.4 is 9.47 Å². The lowest BCUT2D eigenvalue weighted by atomic mass is 9.64. The number of thioether (sulfide) groups is 2. The number of allylic oxidation sites excluding steroid dienone is 1. The quantitative estimate of drug-likeness (QED) is 0.372. The molecule has 2 atom stereocenters. The van der Waals surface area contributed by atoms with Crippen LogP contribution in [0.2, 0.25) is 0 Å². The van der Waals surface area contributed by atoms with E-state index in [2.05, 4.69) is 50.2 Å². The topological polar surface area (TPSA) is 42.2 Å². The van der Waals surface area contributed by atoms with Crippen LogP contribution in [0.15, 0.2) is 46.2 Å². The molecule has 5 heteroatoms. The first-order valence-electron chi connectivity index (χ1n) is 13.8. The van der Waals surface area contributed by atoms with E-state index in [9.17, 15) is 5.26 Å². The molecule has 0 radical (unpaired) electrons. The van der Waals surface area contributed by atoms with E-state index in [0.29, 0.717) is 5.92 Å². The lowest BCUT2D eigenvalue weighted by Gasteiger charge is -2.39. The average molecular weight is 534 g/mol. The highest BCUT2D eigenvalue weighted by atomic mass is 32.2.